The lowest BCUT2D eigenvalue weighted by atomic mass is 10.0. The minimum absolute atomic E-state index is 0.0263. The number of hydrogen-bond donors (Lipinski definition) is 0. The van der Waals surface area contributed by atoms with Crippen LogP contribution < -0.4 is 4.90 Å². The molecular weight excluding hydrogens is 482 g/mol. The molecule has 1 aliphatic rings. The molecular formula is C27H30ClN3O3S. The van der Waals surface area contributed by atoms with Crippen LogP contribution in [0.5, 0.6) is 0 Å². The number of benzene rings is 2. The van der Waals surface area contributed by atoms with Crippen molar-refractivity contribution < 1.29 is 13.2 Å². The number of nitrogens with zero attached hydrogens (tertiary/aromatic N) is 3. The van der Waals surface area contributed by atoms with E-state index in [1.165, 1.54) is 0 Å². The lowest BCUT2D eigenvalue weighted by molar-refractivity contribution is -0.131. The number of aryl methyl sites for hydroxylation is 1. The quantitative estimate of drug-likeness (QED) is 0.446. The van der Waals surface area contributed by atoms with Crippen molar-refractivity contribution in [3.05, 3.63) is 77.6 Å². The van der Waals surface area contributed by atoms with Crippen molar-refractivity contribution in [2.75, 3.05) is 30.8 Å². The summed E-state index contributed by atoms with van der Waals surface area (Å²) in [4.78, 5) is 21.3. The van der Waals surface area contributed by atoms with Gasteiger partial charge in [0.2, 0.25) is 5.91 Å². The van der Waals surface area contributed by atoms with E-state index in [9.17, 15) is 13.2 Å². The number of hydrogen-bond acceptors (Lipinski definition) is 5. The maximum absolute atomic E-state index is 12.9. The zero-order valence-electron chi connectivity index (χ0n) is 20.0. The lowest BCUT2D eigenvalue weighted by Gasteiger charge is -2.38. The molecule has 0 bridgehead atoms. The summed E-state index contributed by atoms with van der Waals surface area (Å²) in [6.07, 6.45) is 3.49. The Morgan fingerprint density at radius 3 is 2.23 bits per heavy atom. The summed E-state index contributed by atoms with van der Waals surface area (Å²) in [5, 5.41) is 0.650. The van der Waals surface area contributed by atoms with Gasteiger partial charge in [0.1, 0.15) is 0 Å². The number of sulfone groups is 1. The Bertz CT molecular complexity index is 1270. The first-order chi connectivity index (χ1) is 16.7. The molecule has 0 saturated carbocycles. The van der Waals surface area contributed by atoms with E-state index in [1.807, 2.05) is 31.3 Å². The van der Waals surface area contributed by atoms with Crippen LogP contribution >= 0.6 is 11.6 Å². The maximum atomic E-state index is 12.9. The van der Waals surface area contributed by atoms with E-state index in [-0.39, 0.29) is 29.0 Å². The van der Waals surface area contributed by atoms with E-state index in [0.29, 0.717) is 5.02 Å². The largest absolute Gasteiger partial charge is 0.371 e. The highest BCUT2D eigenvalue weighted by Crippen LogP contribution is 2.25. The van der Waals surface area contributed by atoms with Crippen molar-refractivity contribution in [3.63, 3.8) is 0 Å². The molecule has 3 aromatic rings. The fourth-order valence-corrected chi connectivity index (χ4v) is 5.81. The summed E-state index contributed by atoms with van der Waals surface area (Å²) in [5.41, 5.74) is 4.00. The topological polar surface area (TPSA) is 70.6 Å². The van der Waals surface area contributed by atoms with Gasteiger partial charge in [0.05, 0.1) is 10.6 Å². The molecule has 6 nitrogen and oxygen atoms in total. The summed E-state index contributed by atoms with van der Waals surface area (Å²) in [7, 11) is -1.77. The van der Waals surface area contributed by atoms with E-state index in [0.717, 1.165) is 48.4 Å². The average Bonchev–Trinajstić information content (AvgIpc) is 2.87. The third-order valence-electron chi connectivity index (χ3n) is 6.63. The van der Waals surface area contributed by atoms with E-state index in [1.54, 1.807) is 48.3 Å². The number of rotatable bonds is 7. The zero-order valence-corrected chi connectivity index (χ0v) is 21.6. The lowest BCUT2D eigenvalue weighted by Crippen LogP contribution is -2.46. The fourth-order valence-electron chi connectivity index (χ4n) is 4.46. The molecule has 1 fully saturated rings. The molecule has 2 aromatic carbocycles. The molecule has 0 atom stereocenters. The molecule has 1 saturated heterocycles. The molecule has 0 spiro atoms. The second-order valence-corrected chi connectivity index (χ2v) is 11.5. The van der Waals surface area contributed by atoms with Crippen molar-refractivity contribution in [1.82, 2.24) is 9.88 Å². The van der Waals surface area contributed by atoms with Gasteiger partial charge in [-0.25, -0.2) is 8.42 Å². The van der Waals surface area contributed by atoms with Crippen LogP contribution in [0.4, 0.5) is 5.69 Å². The van der Waals surface area contributed by atoms with Crippen LogP contribution in [-0.4, -0.2) is 56.1 Å². The fraction of sp³-hybridized carbons (Fsp3) is 0.333. The Balaban J connectivity index is 1.30. The third kappa shape index (κ3) is 6.21. The molecule has 1 aliphatic heterocycles. The van der Waals surface area contributed by atoms with Gasteiger partial charge < -0.3 is 9.80 Å². The van der Waals surface area contributed by atoms with Crippen molar-refractivity contribution in [1.29, 1.82) is 0 Å². The summed E-state index contributed by atoms with van der Waals surface area (Å²) < 4.78 is 25.7. The molecule has 0 N–H and O–H groups in total. The van der Waals surface area contributed by atoms with Crippen LogP contribution in [0.15, 0.2) is 71.8 Å². The standard InChI is InChI=1S/C27H30ClN3O3S/c1-20-19-25(11-15-29-20)31-16-12-24(13-17-31)30(2)27(32)14-18-35(33,34)26-9-5-22(6-10-26)21-3-7-23(28)8-4-21/h3-11,15,19,24H,12-14,16-18H2,1-2H3. The van der Waals surface area contributed by atoms with E-state index < -0.39 is 9.84 Å². The molecule has 8 heteroatoms. The van der Waals surface area contributed by atoms with Gasteiger partial charge in [0, 0.05) is 55.2 Å². The van der Waals surface area contributed by atoms with Crippen LogP contribution in [0.2, 0.25) is 5.02 Å². The van der Waals surface area contributed by atoms with Gasteiger partial charge in [0.25, 0.3) is 0 Å². The van der Waals surface area contributed by atoms with Gasteiger partial charge in [0.15, 0.2) is 9.84 Å². The first-order valence-electron chi connectivity index (χ1n) is 11.7. The molecule has 1 aromatic heterocycles. The molecule has 0 radical (unpaired) electrons. The predicted octanol–water partition coefficient (Wildman–Crippen LogP) is 5.00. The first-order valence-corrected chi connectivity index (χ1v) is 13.8. The number of halogens is 1. The first kappa shape index (κ1) is 25.2. The summed E-state index contributed by atoms with van der Waals surface area (Å²) in [5.74, 6) is -0.337. The molecule has 1 amide bonds. The van der Waals surface area contributed by atoms with Crippen LogP contribution in [-0.2, 0) is 14.6 Å². The maximum Gasteiger partial charge on any atom is 0.223 e. The second kappa shape index (κ2) is 10.8. The number of anilines is 1. The predicted molar refractivity (Wildman–Crippen MR) is 141 cm³/mol. The van der Waals surface area contributed by atoms with Crippen LogP contribution in [0, 0.1) is 6.92 Å². The summed E-state index contributed by atoms with van der Waals surface area (Å²) in [6.45, 7) is 3.68. The average molecular weight is 512 g/mol. The second-order valence-electron chi connectivity index (χ2n) is 8.98. The minimum atomic E-state index is -3.56. The Morgan fingerprint density at radius 2 is 1.63 bits per heavy atom. The van der Waals surface area contributed by atoms with Crippen LogP contribution in [0.1, 0.15) is 25.0 Å². The normalized spacial score (nSPS) is 14.7. The number of carbonyl (C=O) groups is 1. The molecule has 35 heavy (non-hydrogen) atoms. The van der Waals surface area contributed by atoms with Crippen LogP contribution in [0.3, 0.4) is 0 Å². The number of amides is 1. The number of piperidine rings is 1. The van der Waals surface area contributed by atoms with Gasteiger partial charge in [-0.3, -0.25) is 9.78 Å². The highest BCUT2D eigenvalue weighted by Gasteiger charge is 2.27. The van der Waals surface area contributed by atoms with E-state index in [4.69, 9.17) is 11.6 Å². The Morgan fingerprint density at radius 1 is 1.03 bits per heavy atom. The Kier molecular flexibility index (Phi) is 7.77. The van der Waals surface area contributed by atoms with Gasteiger partial charge in [-0.05, 0) is 67.3 Å². The third-order valence-corrected chi connectivity index (χ3v) is 8.61. The van der Waals surface area contributed by atoms with Crippen LogP contribution in [0.25, 0.3) is 11.1 Å². The van der Waals surface area contributed by atoms with Crippen molar-refractivity contribution >= 4 is 33.0 Å². The molecule has 0 unspecified atom stereocenters. The van der Waals surface area contributed by atoms with Crippen molar-refractivity contribution in [3.8, 4) is 11.1 Å². The Labute approximate surface area is 212 Å². The monoisotopic (exact) mass is 511 g/mol. The molecule has 0 aliphatic carbocycles. The highest BCUT2D eigenvalue weighted by atomic mass is 35.5. The molecule has 4 rings (SSSR count). The van der Waals surface area contributed by atoms with Crippen molar-refractivity contribution in [2.45, 2.75) is 37.1 Å². The van der Waals surface area contributed by atoms with Gasteiger partial charge in [-0.2, -0.15) is 0 Å². The van der Waals surface area contributed by atoms with E-state index >= 15 is 0 Å². The van der Waals surface area contributed by atoms with E-state index in [2.05, 4.69) is 16.0 Å². The van der Waals surface area contributed by atoms with Crippen molar-refractivity contribution in [2.24, 2.45) is 0 Å². The van der Waals surface area contributed by atoms with Gasteiger partial charge in [-0.1, -0.05) is 35.9 Å². The smallest absolute Gasteiger partial charge is 0.223 e. The highest BCUT2D eigenvalue weighted by molar-refractivity contribution is 7.91. The zero-order chi connectivity index (χ0) is 25.0. The van der Waals surface area contributed by atoms with Gasteiger partial charge in [-0.15, -0.1) is 0 Å². The summed E-state index contributed by atoms with van der Waals surface area (Å²) >= 11 is 5.94. The number of carbonyl (C=O) groups excluding carboxylic acids is 1. The number of pyridine rings is 1. The molecule has 2 heterocycles. The number of aromatic nitrogens is 1. The minimum Gasteiger partial charge on any atom is -0.371 e. The molecule has 184 valence electrons. The Hall–Kier alpha value is -2.90. The summed E-state index contributed by atoms with van der Waals surface area (Å²) in [6, 6.07) is 18.3. The van der Waals surface area contributed by atoms with Gasteiger partial charge >= 0.3 is 0 Å². The SMILES string of the molecule is Cc1cc(N2CCC(N(C)C(=O)CCS(=O)(=O)c3ccc(-c4ccc(Cl)cc4)cc3)CC2)ccn1.